The molecular weight excluding hydrogens is 981 g/mol. The summed E-state index contributed by atoms with van der Waals surface area (Å²) in [5, 5.41) is 21.1. The summed E-state index contributed by atoms with van der Waals surface area (Å²) in [6.45, 7) is 14.0. The van der Waals surface area contributed by atoms with Crippen molar-refractivity contribution in [3.05, 3.63) is 89.5 Å². The van der Waals surface area contributed by atoms with Gasteiger partial charge in [0.05, 0.1) is 24.8 Å². The number of anilines is 1. The number of para-hydroxylation sites is 1. The Morgan fingerprint density at radius 3 is 1.86 bits per heavy atom. The highest BCUT2D eigenvalue weighted by Crippen LogP contribution is 2.23. The second-order valence-electron chi connectivity index (χ2n) is 18.8. The van der Waals surface area contributed by atoms with Crippen LogP contribution in [0.2, 0.25) is 0 Å². The number of benzene rings is 3. The number of hydrogen-bond donors (Lipinski definition) is 10. The molecule has 0 saturated carbocycles. The molecular formula is C54H76N10O12. The molecule has 0 aliphatic rings. The summed E-state index contributed by atoms with van der Waals surface area (Å²) in [4.78, 5) is 134. The first-order chi connectivity index (χ1) is 36.1. The maximum absolute atomic E-state index is 14.5. The Bertz CT molecular complexity index is 2490. The Labute approximate surface area is 444 Å². The topological polar surface area (TPSA) is 309 Å². The maximum atomic E-state index is 14.5. The first-order valence-corrected chi connectivity index (χ1v) is 25.5. The molecule has 0 aliphatic carbocycles. The number of rotatable bonds is 28. The Balaban J connectivity index is 1.88. The van der Waals surface area contributed by atoms with Crippen LogP contribution in [0.15, 0.2) is 72.8 Å². The molecule has 0 unspecified atom stereocenters. The van der Waals surface area contributed by atoms with Crippen molar-refractivity contribution in [3.63, 3.8) is 0 Å². The molecule has 0 aliphatic heterocycles. The maximum Gasteiger partial charge on any atom is 0.313 e. The van der Waals surface area contributed by atoms with Crippen molar-refractivity contribution in [1.82, 2.24) is 48.1 Å². The predicted molar refractivity (Wildman–Crippen MR) is 284 cm³/mol. The van der Waals surface area contributed by atoms with Crippen LogP contribution < -0.4 is 62.9 Å². The normalized spacial score (nSPS) is 13.2. The highest BCUT2D eigenvalue weighted by molar-refractivity contribution is 6.39. The molecule has 3 rings (SSSR count). The van der Waals surface area contributed by atoms with Gasteiger partial charge in [0.2, 0.25) is 35.4 Å². The van der Waals surface area contributed by atoms with E-state index in [1.54, 1.807) is 89.2 Å². The summed E-state index contributed by atoms with van der Waals surface area (Å²) >= 11 is 0. The third-order valence-corrected chi connectivity index (χ3v) is 12.2. The molecule has 0 saturated heterocycles. The molecule has 0 radical (unpaired) electrons. The van der Waals surface area contributed by atoms with Gasteiger partial charge < -0.3 is 52.0 Å². The van der Waals surface area contributed by atoms with Gasteiger partial charge >= 0.3 is 11.8 Å². The molecule has 414 valence electrons. The van der Waals surface area contributed by atoms with Crippen molar-refractivity contribution in [2.45, 2.75) is 124 Å². The summed E-state index contributed by atoms with van der Waals surface area (Å²) in [6, 6.07) is 13.4. The number of ether oxygens (including phenoxy) is 2. The minimum absolute atomic E-state index is 0.0102. The lowest BCUT2D eigenvalue weighted by Crippen LogP contribution is -2.61. The Morgan fingerprint density at radius 2 is 1.22 bits per heavy atom. The number of carbonyl (C=O) groups excluding carboxylic acids is 10. The third kappa shape index (κ3) is 19.7. The molecule has 22 heteroatoms. The number of methoxy groups -OCH3 is 1. The minimum atomic E-state index is -1.39. The number of carbonyl (C=O) groups is 10. The van der Waals surface area contributed by atoms with E-state index in [0.717, 1.165) is 12.8 Å². The zero-order chi connectivity index (χ0) is 56.5. The van der Waals surface area contributed by atoms with Crippen LogP contribution in [0.5, 0.6) is 11.5 Å². The average Bonchev–Trinajstić information content (AvgIpc) is 3.40. The molecule has 0 bridgehead atoms. The fraction of sp³-hybridized carbons (Fsp3) is 0.481. The van der Waals surface area contributed by atoms with Gasteiger partial charge in [-0.1, -0.05) is 104 Å². The molecule has 76 heavy (non-hydrogen) atoms. The van der Waals surface area contributed by atoms with Gasteiger partial charge in [-0.05, 0) is 73.9 Å². The summed E-state index contributed by atoms with van der Waals surface area (Å²) in [5.41, 5.74) is 5.38. The molecule has 0 fully saturated rings. The molecule has 10 amide bonds. The molecule has 10 N–H and O–H groups in total. The van der Waals surface area contributed by atoms with Crippen molar-refractivity contribution in [2.24, 2.45) is 17.8 Å². The van der Waals surface area contributed by atoms with E-state index in [4.69, 9.17) is 9.47 Å². The van der Waals surface area contributed by atoms with Crippen LogP contribution in [0.25, 0.3) is 0 Å². The number of hydrazine groups is 1. The highest BCUT2D eigenvalue weighted by Gasteiger charge is 2.35. The molecule has 6 atom stereocenters. The van der Waals surface area contributed by atoms with Gasteiger partial charge in [-0.3, -0.25) is 58.8 Å². The summed E-state index contributed by atoms with van der Waals surface area (Å²) in [5.74, 6) is -8.06. The van der Waals surface area contributed by atoms with Gasteiger partial charge in [0.15, 0.2) is 0 Å². The smallest absolute Gasteiger partial charge is 0.313 e. The molecule has 3 aromatic carbocycles. The lowest BCUT2D eigenvalue weighted by atomic mass is 9.95. The van der Waals surface area contributed by atoms with E-state index < -0.39 is 101 Å². The minimum Gasteiger partial charge on any atom is -0.496 e. The van der Waals surface area contributed by atoms with Gasteiger partial charge in [0.25, 0.3) is 11.8 Å². The lowest BCUT2D eigenvalue weighted by molar-refractivity contribution is -0.136. The van der Waals surface area contributed by atoms with Crippen LogP contribution >= 0.6 is 0 Å². The monoisotopic (exact) mass is 1060 g/mol. The Hall–Kier alpha value is -8.04. The summed E-state index contributed by atoms with van der Waals surface area (Å²) in [6.07, 6.45) is 1.86. The van der Waals surface area contributed by atoms with Crippen LogP contribution in [0, 0.1) is 17.8 Å². The third-order valence-electron chi connectivity index (χ3n) is 12.2. The van der Waals surface area contributed by atoms with E-state index in [0.29, 0.717) is 24.3 Å². The van der Waals surface area contributed by atoms with Gasteiger partial charge in [0, 0.05) is 31.6 Å². The molecule has 0 aromatic heterocycles. The zero-order valence-corrected chi connectivity index (χ0v) is 45.1. The van der Waals surface area contributed by atoms with Crippen molar-refractivity contribution >= 4 is 64.8 Å². The standard InChI is InChI=1S/C54H76N10O12/c1-11-13-28-76-42-24-18-17-22-37(42)47(67)57-34(8)46(66)59-39(23-19-27-56-53(73)54(74)58-36-25-26-41(75-10)38(30-36)48(68)64-63-45(65)32(5)6)49(69)60-40(29-35-20-15-14-16-21-35)50(70)62-44(33(7)12-2)52(72)61-43(31(3)4)51(71)55-9/h14-18,20-22,24-26,30-34,39-40,43-44H,11-13,19,23,27-29H2,1-10H3,(H,55,71)(H,56,73)(H,57,67)(H,58,74)(H,59,66)(H,60,69)(H,61,72)(H,62,70)(H,63,65)(H,64,68)/t33-,34-,39-,40-,43-,44-/m0/s1. The van der Waals surface area contributed by atoms with E-state index in [2.05, 4.69) is 53.4 Å². The van der Waals surface area contributed by atoms with Gasteiger partial charge in [-0.25, -0.2) is 0 Å². The number of likely N-dealkylation sites (N-methyl/N-ethyl adjacent to an activating group) is 1. The van der Waals surface area contributed by atoms with Crippen molar-refractivity contribution < 1.29 is 57.4 Å². The molecule has 3 aromatic rings. The first kappa shape index (κ1) is 62.3. The SMILES string of the molecule is CCCCOc1ccccc1C(=O)N[C@@H](C)C(=O)N[C@@H](CCCNC(=O)C(=O)Nc1ccc(OC)c(C(=O)NNC(=O)C(C)C)c1)C(=O)N[C@@H](Cc1ccccc1)C(=O)N[C@H](C(=O)N[C@H](C(=O)NC)C(C)C)[C@@H](C)CC. The van der Waals surface area contributed by atoms with E-state index in [9.17, 15) is 47.9 Å². The second-order valence-corrected chi connectivity index (χ2v) is 18.8. The predicted octanol–water partition coefficient (Wildman–Crippen LogP) is 2.57. The largest absolute Gasteiger partial charge is 0.496 e. The zero-order valence-electron chi connectivity index (χ0n) is 45.1. The summed E-state index contributed by atoms with van der Waals surface area (Å²) < 4.78 is 11.1. The van der Waals surface area contributed by atoms with Gasteiger partial charge in [0.1, 0.15) is 41.7 Å². The van der Waals surface area contributed by atoms with Crippen LogP contribution in [-0.4, -0.2) is 117 Å². The van der Waals surface area contributed by atoms with E-state index in [-0.39, 0.29) is 54.3 Å². The fourth-order valence-electron chi connectivity index (χ4n) is 7.30. The summed E-state index contributed by atoms with van der Waals surface area (Å²) in [7, 11) is 2.77. The number of nitrogens with one attached hydrogen (secondary N) is 10. The van der Waals surface area contributed by atoms with E-state index >= 15 is 0 Å². The Morgan fingerprint density at radius 1 is 0.579 bits per heavy atom. The molecule has 0 spiro atoms. The number of amides is 10. The van der Waals surface area contributed by atoms with E-state index in [1.165, 1.54) is 39.3 Å². The van der Waals surface area contributed by atoms with E-state index in [1.807, 2.05) is 13.8 Å². The average molecular weight is 1060 g/mol. The molecule has 22 nitrogen and oxygen atoms in total. The van der Waals surface area contributed by atoms with Crippen molar-refractivity contribution in [1.29, 1.82) is 0 Å². The van der Waals surface area contributed by atoms with Crippen LogP contribution in [0.4, 0.5) is 5.69 Å². The second kappa shape index (κ2) is 31.6. The fourth-order valence-corrected chi connectivity index (χ4v) is 7.30. The van der Waals surface area contributed by atoms with Crippen molar-refractivity contribution in [2.75, 3.05) is 32.6 Å². The number of unbranched alkanes of at least 4 members (excludes halogenated alkanes) is 1. The lowest BCUT2D eigenvalue weighted by Gasteiger charge is -2.30. The van der Waals surface area contributed by atoms with Crippen LogP contribution in [0.1, 0.15) is 114 Å². The van der Waals surface area contributed by atoms with Crippen LogP contribution in [-0.2, 0) is 44.8 Å². The Kier molecular flexibility index (Phi) is 25.9. The first-order valence-electron chi connectivity index (χ1n) is 25.5. The van der Waals surface area contributed by atoms with Gasteiger partial charge in [-0.15, -0.1) is 0 Å². The highest BCUT2D eigenvalue weighted by atomic mass is 16.5. The molecule has 0 heterocycles. The van der Waals surface area contributed by atoms with Crippen LogP contribution in [0.3, 0.4) is 0 Å². The van der Waals surface area contributed by atoms with Crippen molar-refractivity contribution in [3.8, 4) is 11.5 Å². The van der Waals surface area contributed by atoms with Gasteiger partial charge in [-0.2, -0.15) is 0 Å². The number of hydrogen-bond acceptors (Lipinski definition) is 12. The quantitative estimate of drug-likeness (QED) is 0.0285.